The Labute approximate surface area is 92.7 Å². The Balaban J connectivity index is 1.89. The van der Waals surface area contributed by atoms with E-state index in [4.69, 9.17) is 15.9 Å². The van der Waals surface area contributed by atoms with Crippen molar-refractivity contribution < 1.29 is 9.21 Å². The zero-order valence-corrected chi connectivity index (χ0v) is 8.77. The van der Waals surface area contributed by atoms with Gasteiger partial charge in [-0.2, -0.15) is 0 Å². The van der Waals surface area contributed by atoms with Crippen molar-refractivity contribution in [3.63, 3.8) is 0 Å². The summed E-state index contributed by atoms with van der Waals surface area (Å²) >= 11 is 0. The summed E-state index contributed by atoms with van der Waals surface area (Å²) in [7, 11) is 0. The van der Waals surface area contributed by atoms with E-state index in [1.807, 2.05) is 0 Å². The number of guanidine groups is 1. The standard InChI is InChI=1S/C10H14N4O2/c11-9(15)8-4-3-7(16-8)5-13-10(12)14-6-1-2-6/h3-4,6H,1-2,5H2,(H2,11,15)(H3,12,13,14). The lowest BCUT2D eigenvalue weighted by molar-refractivity contribution is 0.0972. The van der Waals surface area contributed by atoms with E-state index in [1.54, 1.807) is 6.07 Å². The molecular weight excluding hydrogens is 208 g/mol. The minimum Gasteiger partial charge on any atom is -0.454 e. The molecule has 0 spiro atoms. The molecule has 1 saturated carbocycles. The van der Waals surface area contributed by atoms with Gasteiger partial charge in [0.15, 0.2) is 11.7 Å². The molecule has 86 valence electrons. The molecule has 0 bridgehead atoms. The molecule has 6 nitrogen and oxygen atoms in total. The highest BCUT2D eigenvalue weighted by Crippen LogP contribution is 2.18. The summed E-state index contributed by atoms with van der Waals surface area (Å²) in [6.07, 6.45) is 2.28. The van der Waals surface area contributed by atoms with Gasteiger partial charge in [0.2, 0.25) is 0 Å². The molecule has 1 fully saturated rings. The fourth-order valence-corrected chi connectivity index (χ4v) is 1.24. The summed E-state index contributed by atoms with van der Waals surface area (Å²) in [5.74, 6) is 0.520. The van der Waals surface area contributed by atoms with Gasteiger partial charge in [0, 0.05) is 6.04 Å². The minimum absolute atomic E-state index is 0.138. The quantitative estimate of drug-likeness (QED) is 0.490. The van der Waals surface area contributed by atoms with E-state index < -0.39 is 5.91 Å². The van der Waals surface area contributed by atoms with E-state index in [1.165, 1.54) is 6.07 Å². The summed E-state index contributed by atoms with van der Waals surface area (Å²) in [6, 6.07) is 3.66. The van der Waals surface area contributed by atoms with E-state index in [0.29, 0.717) is 24.3 Å². The SMILES string of the molecule is NC(=O)c1ccc(CN=C(N)NC2CC2)o1. The van der Waals surface area contributed by atoms with Crippen molar-refractivity contribution in [1.29, 1.82) is 0 Å². The first-order valence-electron chi connectivity index (χ1n) is 5.10. The molecule has 6 heteroatoms. The first-order valence-corrected chi connectivity index (χ1v) is 5.10. The third kappa shape index (κ3) is 2.75. The normalized spacial score (nSPS) is 16.1. The zero-order chi connectivity index (χ0) is 11.5. The molecule has 1 aromatic rings. The van der Waals surface area contributed by atoms with Gasteiger partial charge in [0.05, 0.1) is 0 Å². The molecule has 16 heavy (non-hydrogen) atoms. The number of carbonyl (C=O) groups excluding carboxylic acids is 1. The Morgan fingerprint density at radius 3 is 2.81 bits per heavy atom. The average Bonchev–Trinajstić information content (AvgIpc) is 2.91. The van der Waals surface area contributed by atoms with E-state index in [-0.39, 0.29) is 5.76 Å². The lowest BCUT2D eigenvalue weighted by atomic mass is 10.4. The Morgan fingerprint density at radius 2 is 2.25 bits per heavy atom. The van der Waals surface area contributed by atoms with Gasteiger partial charge in [-0.15, -0.1) is 0 Å². The van der Waals surface area contributed by atoms with Crippen LogP contribution in [0.2, 0.25) is 0 Å². The molecule has 1 amide bonds. The maximum atomic E-state index is 10.8. The molecule has 0 saturated heterocycles. The van der Waals surface area contributed by atoms with E-state index in [9.17, 15) is 4.79 Å². The minimum atomic E-state index is -0.584. The second-order valence-electron chi connectivity index (χ2n) is 3.75. The fraction of sp³-hybridized carbons (Fsp3) is 0.400. The van der Waals surface area contributed by atoms with Gasteiger partial charge in [0.1, 0.15) is 12.3 Å². The first-order chi connectivity index (χ1) is 7.65. The second kappa shape index (κ2) is 4.26. The monoisotopic (exact) mass is 222 g/mol. The number of hydrogen-bond acceptors (Lipinski definition) is 3. The van der Waals surface area contributed by atoms with E-state index in [0.717, 1.165) is 12.8 Å². The Hall–Kier alpha value is -1.98. The molecule has 5 N–H and O–H groups in total. The second-order valence-corrected chi connectivity index (χ2v) is 3.75. The van der Waals surface area contributed by atoms with Crippen LogP contribution in [0.25, 0.3) is 0 Å². The molecule has 1 heterocycles. The van der Waals surface area contributed by atoms with Crippen molar-refractivity contribution >= 4 is 11.9 Å². The van der Waals surface area contributed by atoms with Gasteiger partial charge in [-0.3, -0.25) is 4.79 Å². The molecular formula is C10H14N4O2. The smallest absolute Gasteiger partial charge is 0.284 e. The van der Waals surface area contributed by atoms with Crippen LogP contribution in [0.3, 0.4) is 0 Å². The molecule has 1 aliphatic carbocycles. The van der Waals surface area contributed by atoms with Crippen molar-refractivity contribution in [1.82, 2.24) is 5.32 Å². The Morgan fingerprint density at radius 1 is 1.50 bits per heavy atom. The average molecular weight is 222 g/mol. The van der Waals surface area contributed by atoms with Crippen LogP contribution in [0, 0.1) is 0 Å². The third-order valence-electron chi connectivity index (χ3n) is 2.24. The summed E-state index contributed by atoms with van der Waals surface area (Å²) < 4.78 is 5.15. The van der Waals surface area contributed by atoms with Crippen LogP contribution < -0.4 is 16.8 Å². The van der Waals surface area contributed by atoms with Crippen molar-refractivity contribution in [3.05, 3.63) is 23.7 Å². The van der Waals surface area contributed by atoms with Crippen molar-refractivity contribution in [3.8, 4) is 0 Å². The highest BCUT2D eigenvalue weighted by Gasteiger charge is 2.21. The van der Waals surface area contributed by atoms with Crippen molar-refractivity contribution in [2.24, 2.45) is 16.5 Å². The van der Waals surface area contributed by atoms with Gasteiger partial charge in [-0.1, -0.05) is 0 Å². The maximum Gasteiger partial charge on any atom is 0.284 e. The zero-order valence-electron chi connectivity index (χ0n) is 8.77. The highest BCUT2D eigenvalue weighted by molar-refractivity contribution is 5.89. The molecule has 0 atom stereocenters. The first kappa shape index (κ1) is 10.5. The van der Waals surface area contributed by atoms with Crippen molar-refractivity contribution in [2.45, 2.75) is 25.4 Å². The van der Waals surface area contributed by atoms with Gasteiger partial charge < -0.3 is 21.2 Å². The van der Waals surface area contributed by atoms with Crippen LogP contribution in [0.5, 0.6) is 0 Å². The van der Waals surface area contributed by atoms with Crippen LogP contribution in [0.1, 0.15) is 29.2 Å². The van der Waals surface area contributed by atoms with Crippen LogP contribution in [-0.2, 0) is 6.54 Å². The lowest BCUT2D eigenvalue weighted by Gasteiger charge is -2.01. The van der Waals surface area contributed by atoms with Gasteiger partial charge in [-0.25, -0.2) is 4.99 Å². The number of aliphatic imine (C=N–C) groups is 1. The molecule has 1 aromatic heterocycles. The summed E-state index contributed by atoms with van der Waals surface area (Å²) in [5.41, 5.74) is 10.7. The Bertz CT molecular complexity index is 420. The summed E-state index contributed by atoms with van der Waals surface area (Å²) in [4.78, 5) is 14.8. The van der Waals surface area contributed by atoms with E-state index in [2.05, 4.69) is 10.3 Å². The number of hydrogen-bond donors (Lipinski definition) is 3. The van der Waals surface area contributed by atoms with Crippen LogP contribution in [0.4, 0.5) is 0 Å². The third-order valence-corrected chi connectivity index (χ3v) is 2.24. The highest BCUT2D eigenvalue weighted by atomic mass is 16.3. The molecule has 1 aliphatic rings. The van der Waals surface area contributed by atoms with E-state index >= 15 is 0 Å². The number of primary amides is 1. The number of nitrogens with one attached hydrogen (secondary N) is 1. The number of furan rings is 1. The maximum absolute atomic E-state index is 10.8. The topological polar surface area (TPSA) is 107 Å². The number of nitrogens with zero attached hydrogens (tertiary/aromatic N) is 1. The summed E-state index contributed by atoms with van der Waals surface area (Å²) in [6.45, 7) is 0.304. The Kier molecular flexibility index (Phi) is 2.80. The fourth-order valence-electron chi connectivity index (χ4n) is 1.24. The molecule has 2 rings (SSSR count). The molecule has 0 radical (unpaired) electrons. The number of carbonyl (C=O) groups is 1. The predicted octanol–water partition coefficient (Wildman–Crippen LogP) is -0.0548. The molecule has 0 unspecified atom stereocenters. The number of amides is 1. The molecule has 0 aliphatic heterocycles. The number of rotatable bonds is 4. The van der Waals surface area contributed by atoms with Gasteiger partial charge >= 0.3 is 0 Å². The predicted molar refractivity (Wildman–Crippen MR) is 58.7 cm³/mol. The van der Waals surface area contributed by atoms with Crippen LogP contribution in [-0.4, -0.2) is 17.9 Å². The lowest BCUT2D eigenvalue weighted by Crippen LogP contribution is -2.33. The van der Waals surface area contributed by atoms with Crippen LogP contribution in [0.15, 0.2) is 21.5 Å². The van der Waals surface area contributed by atoms with Crippen molar-refractivity contribution in [2.75, 3.05) is 0 Å². The largest absolute Gasteiger partial charge is 0.454 e. The van der Waals surface area contributed by atoms with Gasteiger partial charge in [-0.05, 0) is 25.0 Å². The van der Waals surface area contributed by atoms with Gasteiger partial charge in [0.25, 0.3) is 5.91 Å². The molecule has 0 aromatic carbocycles. The summed E-state index contributed by atoms with van der Waals surface area (Å²) in [5, 5.41) is 3.05. The van der Waals surface area contributed by atoms with Crippen LogP contribution >= 0.6 is 0 Å². The number of nitrogens with two attached hydrogens (primary N) is 2.